The molecule has 2 saturated heterocycles. The second kappa shape index (κ2) is 7.45. The summed E-state index contributed by atoms with van der Waals surface area (Å²) in [7, 11) is 0. The van der Waals surface area contributed by atoms with Gasteiger partial charge in [0.2, 0.25) is 0 Å². The maximum Gasteiger partial charge on any atom is 0.410 e. The van der Waals surface area contributed by atoms with E-state index in [0.717, 1.165) is 32.1 Å². The first-order chi connectivity index (χ1) is 12.0. The predicted molar refractivity (Wildman–Crippen MR) is 91.4 cm³/mol. The number of aromatic nitrogens is 1. The molecule has 2 amide bonds. The normalized spacial score (nSPS) is 21.7. The number of carbonyl (C=O) groups is 2. The van der Waals surface area contributed by atoms with Gasteiger partial charge in [0, 0.05) is 19.1 Å². The number of cyclic esters (lactones) is 1. The van der Waals surface area contributed by atoms with Gasteiger partial charge in [0.15, 0.2) is 0 Å². The van der Waals surface area contributed by atoms with Gasteiger partial charge in [0.1, 0.15) is 17.9 Å². The van der Waals surface area contributed by atoms with Gasteiger partial charge < -0.3 is 14.2 Å². The minimum Gasteiger partial charge on any atom is -0.447 e. The minimum absolute atomic E-state index is 0.0266. The lowest BCUT2D eigenvalue weighted by Gasteiger charge is -2.37. The van der Waals surface area contributed by atoms with Crippen molar-refractivity contribution in [1.82, 2.24) is 15.0 Å². The minimum atomic E-state index is -0.198. The molecule has 25 heavy (non-hydrogen) atoms. The Labute approximate surface area is 148 Å². The zero-order chi connectivity index (χ0) is 18.0. The summed E-state index contributed by atoms with van der Waals surface area (Å²) in [5.74, 6) is 0.536. The second-order valence-corrected chi connectivity index (χ2v) is 7.00. The molecule has 0 spiro atoms. The number of hydrogen-bond donors (Lipinski definition) is 0. The molecule has 0 N–H and O–H groups in total. The highest BCUT2D eigenvalue weighted by atomic mass is 16.6. The summed E-state index contributed by atoms with van der Waals surface area (Å²) in [4.78, 5) is 28.6. The summed E-state index contributed by atoms with van der Waals surface area (Å²) >= 11 is 0. The van der Waals surface area contributed by atoms with Crippen LogP contribution in [0.1, 0.15) is 60.8 Å². The highest BCUT2D eigenvalue weighted by molar-refractivity contribution is 5.96. The third-order valence-electron chi connectivity index (χ3n) is 5.29. The first kappa shape index (κ1) is 17.8. The van der Waals surface area contributed by atoms with Crippen molar-refractivity contribution in [3.63, 3.8) is 0 Å². The highest BCUT2D eigenvalue weighted by Crippen LogP contribution is 2.27. The number of unbranched alkanes of at least 4 members (excludes halogenated alkanes) is 1. The van der Waals surface area contributed by atoms with Crippen LogP contribution in [-0.4, -0.2) is 58.7 Å². The van der Waals surface area contributed by atoms with E-state index in [2.05, 4.69) is 12.1 Å². The monoisotopic (exact) mass is 349 g/mol. The van der Waals surface area contributed by atoms with Crippen molar-refractivity contribution < 1.29 is 18.8 Å². The zero-order valence-electron chi connectivity index (χ0n) is 15.3. The zero-order valence-corrected chi connectivity index (χ0v) is 15.3. The number of piperidine rings is 1. The Morgan fingerprint density at radius 2 is 2.00 bits per heavy atom. The molecule has 2 aliphatic rings. The van der Waals surface area contributed by atoms with Crippen LogP contribution in [0, 0.1) is 13.8 Å². The molecule has 0 bridgehead atoms. The van der Waals surface area contributed by atoms with Gasteiger partial charge in [0.25, 0.3) is 5.91 Å². The van der Waals surface area contributed by atoms with E-state index in [4.69, 9.17) is 9.26 Å². The molecule has 0 aromatic carbocycles. The average molecular weight is 349 g/mol. The van der Waals surface area contributed by atoms with Crippen molar-refractivity contribution >= 4 is 12.0 Å². The van der Waals surface area contributed by atoms with Gasteiger partial charge in [-0.1, -0.05) is 24.9 Å². The number of aryl methyl sites for hydroxylation is 2. The molecule has 7 heteroatoms. The highest BCUT2D eigenvalue weighted by Gasteiger charge is 2.39. The number of carbonyl (C=O) groups excluding carboxylic acids is 2. The van der Waals surface area contributed by atoms with E-state index in [1.807, 2.05) is 9.80 Å². The van der Waals surface area contributed by atoms with E-state index in [1.54, 1.807) is 13.8 Å². The van der Waals surface area contributed by atoms with Crippen LogP contribution in [0.3, 0.4) is 0 Å². The Kier molecular flexibility index (Phi) is 5.30. The van der Waals surface area contributed by atoms with E-state index in [1.165, 1.54) is 0 Å². The van der Waals surface area contributed by atoms with Crippen LogP contribution in [0.15, 0.2) is 4.52 Å². The Morgan fingerprint density at radius 1 is 1.28 bits per heavy atom. The molecule has 7 nitrogen and oxygen atoms in total. The summed E-state index contributed by atoms with van der Waals surface area (Å²) in [5, 5.41) is 3.87. The molecule has 2 aliphatic heterocycles. The largest absolute Gasteiger partial charge is 0.447 e. The molecule has 1 aromatic rings. The van der Waals surface area contributed by atoms with Crippen molar-refractivity contribution in [2.45, 2.75) is 65.0 Å². The molecule has 1 aromatic heterocycles. The first-order valence-electron chi connectivity index (χ1n) is 9.20. The molecule has 3 rings (SSSR count). The summed E-state index contributed by atoms with van der Waals surface area (Å²) < 4.78 is 10.4. The first-order valence-corrected chi connectivity index (χ1v) is 9.20. The number of ether oxygens (including phenoxy) is 1. The molecule has 0 radical (unpaired) electrons. The van der Waals surface area contributed by atoms with Gasteiger partial charge in [-0.3, -0.25) is 9.69 Å². The lowest BCUT2D eigenvalue weighted by Crippen LogP contribution is -2.49. The fourth-order valence-corrected chi connectivity index (χ4v) is 3.87. The van der Waals surface area contributed by atoms with E-state index in [-0.39, 0.29) is 24.1 Å². The smallest absolute Gasteiger partial charge is 0.410 e. The van der Waals surface area contributed by atoms with Crippen molar-refractivity contribution in [1.29, 1.82) is 0 Å². The Morgan fingerprint density at radius 3 is 2.60 bits per heavy atom. The van der Waals surface area contributed by atoms with Crippen LogP contribution in [0.4, 0.5) is 4.79 Å². The Hall–Kier alpha value is -2.05. The van der Waals surface area contributed by atoms with E-state index in [9.17, 15) is 9.59 Å². The van der Waals surface area contributed by atoms with Crippen LogP contribution in [0.5, 0.6) is 0 Å². The van der Waals surface area contributed by atoms with Crippen molar-refractivity contribution in [2.75, 3.05) is 19.7 Å². The molecule has 2 fully saturated rings. The maximum atomic E-state index is 12.7. The summed E-state index contributed by atoms with van der Waals surface area (Å²) in [6, 6.07) is 0.341. The number of nitrogens with zero attached hydrogens (tertiary/aromatic N) is 3. The van der Waals surface area contributed by atoms with Crippen molar-refractivity contribution in [2.24, 2.45) is 0 Å². The third kappa shape index (κ3) is 3.50. The maximum absolute atomic E-state index is 12.7. The quantitative estimate of drug-likeness (QED) is 0.817. The van der Waals surface area contributed by atoms with Crippen molar-refractivity contribution in [3.05, 3.63) is 17.0 Å². The third-order valence-corrected chi connectivity index (χ3v) is 5.29. The molecule has 138 valence electrons. The van der Waals surface area contributed by atoms with Gasteiger partial charge in [-0.2, -0.15) is 0 Å². The number of amides is 2. The second-order valence-electron chi connectivity index (χ2n) is 7.00. The molecule has 0 aliphatic carbocycles. The molecule has 1 unspecified atom stereocenters. The molecular weight excluding hydrogens is 322 g/mol. The topological polar surface area (TPSA) is 75.9 Å². The lowest BCUT2D eigenvalue weighted by atomic mass is 9.99. The van der Waals surface area contributed by atoms with E-state index < -0.39 is 0 Å². The summed E-state index contributed by atoms with van der Waals surface area (Å²) in [5.41, 5.74) is 1.20. The molecule has 3 heterocycles. The van der Waals surface area contributed by atoms with Gasteiger partial charge in [0.05, 0.1) is 11.7 Å². The van der Waals surface area contributed by atoms with Crippen LogP contribution in [-0.2, 0) is 4.74 Å². The molecule has 0 saturated carbocycles. The Bertz CT molecular complexity index is 615. The lowest BCUT2D eigenvalue weighted by molar-refractivity contribution is 0.0631. The predicted octanol–water partition coefficient (Wildman–Crippen LogP) is 2.91. The van der Waals surface area contributed by atoms with Crippen LogP contribution in [0.25, 0.3) is 0 Å². The van der Waals surface area contributed by atoms with Crippen molar-refractivity contribution in [3.8, 4) is 0 Å². The standard InChI is InChI=1S/C18H27N3O4/c1-4-5-6-15-11-24-18(23)21(15)14-7-9-20(10-8-14)17(22)16-12(2)19-25-13(16)3/h14-15H,4-11H2,1-3H3. The SMILES string of the molecule is CCCCC1COC(=O)N1C1CCN(C(=O)c2c(C)noc2C)CC1. The molecular formula is C18H27N3O4. The number of rotatable bonds is 5. The van der Waals surface area contributed by atoms with Crippen LogP contribution < -0.4 is 0 Å². The fourth-order valence-electron chi connectivity index (χ4n) is 3.87. The van der Waals surface area contributed by atoms with Gasteiger partial charge in [-0.15, -0.1) is 0 Å². The fraction of sp³-hybridized carbons (Fsp3) is 0.722. The number of likely N-dealkylation sites (tertiary alicyclic amines) is 1. The van der Waals surface area contributed by atoms with Gasteiger partial charge in [-0.05, 0) is 33.1 Å². The Balaban J connectivity index is 1.61. The van der Waals surface area contributed by atoms with E-state index >= 15 is 0 Å². The van der Waals surface area contributed by atoms with Crippen LogP contribution >= 0.6 is 0 Å². The molecule has 1 atom stereocenters. The van der Waals surface area contributed by atoms with Crippen LogP contribution in [0.2, 0.25) is 0 Å². The van der Waals surface area contributed by atoms with E-state index in [0.29, 0.717) is 36.7 Å². The van der Waals surface area contributed by atoms with Gasteiger partial charge >= 0.3 is 6.09 Å². The number of hydrogen-bond acceptors (Lipinski definition) is 5. The summed E-state index contributed by atoms with van der Waals surface area (Å²) in [6.45, 7) is 7.47. The average Bonchev–Trinajstić information content (AvgIpc) is 3.14. The summed E-state index contributed by atoms with van der Waals surface area (Å²) in [6.07, 6.45) is 4.57. The van der Waals surface area contributed by atoms with Gasteiger partial charge in [-0.25, -0.2) is 4.79 Å².